The number of benzene rings is 2. The van der Waals surface area contributed by atoms with Crippen molar-refractivity contribution >= 4 is 29.1 Å². The van der Waals surface area contributed by atoms with Gasteiger partial charge < -0.3 is 4.90 Å². The summed E-state index contributed by atoms with van der Waals surface area (Å²) >= 11 is 11.9. The first-order chi connectivity index (χ1) is 15.6. The predicted molar refractivity (Wildman–Crippen MR) is 126 cm³/mol. The molecule has 0 spiro atoms. The normalized spacial score (nSPS) is 13.0. The average molecular weight is 461 g/mol. The summed E-state index contributed by atoms with van der Waals surface area (Å²) in [6.07, 6.45) is 2.16. The van der Waals surface area contributed by atoms with Gasteiger partial charge in [-0.2, -0.15) is 0 Å². The number of fused-ring (bicyclic) bond motifs is 1. The molecule has 0 unspecified atom stereocenters. The van der Waals surface area contributed by atoms with Crippen molar-refractivity contribution < 1.29 is 4.79 Å². The lowest BCUT2D eigenvalue weighted by atomic mass is 9.98. The molecule has 0 aliphatic carbocycles. The summed E-state index contributed by atoms with van der Waals surface area (Å²) < 4.78 is 0. The van der Waals surface area contributed by atoms with Gasteiger partial charge in [0.2, 0.25) is 0 Å². The summed E-state index contributed by atoms with van der Waals surface area (Å²) in [5.41, 5.74) is 5.17. The molecule has 32 heavy (non-hydrogen) atoms. The minimum atomic E-state index is -0.0828. The van der Waals surface area contributed by atoms with Crippen LogP contribution in [0.2, 0.25) is 10.2 Å². The molecule has 0 radical (unpaired) electrons. The van der Waals surface area contributed by atoms with Crippen molar-refractivity contribution in [2.24, 2.45) is 0 Å². The molecule has 1 amide bonds. The molecule has 7 heteroatoms. The number of rotatable bonds is 3. The lowest BCUT2D eigenvalue weighted by Gasteiger charge is -2.30. The Morgan fingerprint density at radius 2 is 1.66 bits per heavy atom. The van der Waals surface area contributed by atoms with Crippen LogP contribution >= 0.6 is 23.2 Å². The largest absolute Gasteiger partial charge is 0.334 e. The Morgan fingerprint density at radius 3 is 2.38 bits per heavy atom. The fourth-order valence-corrected chi connectivity index (χ4v) is 4.07. The zero-order valence-corrected chi connectivity index (χ0v) is 18.5. The summed E-state index contributed by atoms with van der Waals surface area (Å²) in [6.45, 7) is 1.00. The molecule has 0 fully saturated rings. The third kappa shape index (κ3) is 4.09. The molecule has 5 nitrogen and oxygen atoms in total. The molecule has 0 bridgehead atoms. The van der Waals surface area contributed by atoms with Crippen molar-refractivity contribution in [3.8, 4) is 22.6 Å². The van der Waals surface area contributed by atoms with Crippen LogP contribution in [0.4, 0.5) is 0 Å². The lowest BCUT2D eigenvalue weighted by molar-refractivity contribution is 0.0733. The Bertz CT molecular complexity index is 1280. The van der Waals surface area contributed by atoms with Gasteiger partial charge in [0, 0.05) is 47.4 Å². The Labute approximate surface area is 195 Å². The number of hydrogen-bond acceptors (Lipinski definition) is 4. The van der Waals surface area contributed by atoms with E-state index < -0.39 is 0 Å². The van der Waals surface area contributed by atoms with Crippen molar-refractivity contribution in [3.05, 3.63) is 99.9 Å². The highest BCUT2D eigenvalue weighted by atomic mass is 35.5. The summed E-state index contributed by atoms with van der Waals surface area (Å²) in [7, 11) is 0. The monoisotopic (exact) mass is 460 g/mol. The van der Waals surface area contributed by atoms with Crippen LogP contribution in [0.15, 0.2) is 72.9 Å². The molecule has 3 heterocycles. The van der Waals surface area contributed by atoms with Crippen molar-refractivity contribution in [3.63, 3.8) is 0 Å². The second kappa shape index (κ2) is 8.69. The first-order valence-corrected chi connectivity index (χ1v) is 11.0. The number of carbonyl (C=O) groups excluding carboxylic acids is 1. The highest BCUT2D eigenvalue weighted by Crippen LogP contribution is 2.31. The number of halogens is 2. The number of nitrogens with zero attached hydrogens (tertiary/aromatic N) is 4. The summed E-state index contributed by atoms with van der Waals surface area (Å²) in [5, 5.41) is 1.03. The van der Waals surface area contributed by atoms with Crippen molar-refractivity contribution in [2.45, 2.75) is 13.0 Å². The van der Waals surface area contributed by atoms with Crippen molar-refractivity contribution in [2.75, 3.05) is 6.54 Å². The minimum Gasteiger partial charge on any atom is -0.334 e. The van der Waals surface area contributed by atoms with E-state index in [0.717, 1.165) is 28.1 Å². The van der Waals surface area contributed by atoms with Crippen LogP contribution in [0, 0.1) is 0 Å². The van der Waals surface area contributed by atoms with Gasteiger partial charge in [-0.1, -0.05) is 53.5 Å². The molecule has 0 N–H and O–H groups in total. The third-order valence-electron chi connectivity index (χ3n) is 5.47. The van der Waals surface area contributed by atoms with E-state index in [1.54, 1.807) is 12.1 Å². The Kier molecular flexibility index (Phi) is 5.60. The first-order valence-electron chi connectivity index (χ1n) is 10.2. The van der Waals surface area contributed by atoms with Gasteiger partial charge in [-0.3, -0.25) is 4.79 Å². The molecule has 2 aromatic heterocycles. The molecule has 1 aliphatic rings. The quantitative estimate of drug-likeness (QED) is 0.367. The van der Waals surface area contributed by atoms with Gasteiger partial charge in [-0.25, -0.2) is 15.0 Å². The number of amides is 1. The van der Waals surface area contributed by atoms with E-state index in [1.807, 2.05) is 59.5 Å². The van der Waals surface area contributed by atoms with Crippen molar-refractivity contribution in [1.82, 2.24) is 19.9 Å². The number of hydrogen-bond donors (Lipinski definition) is 0. The van der Waals surface area contributed by atoms with Crippen LogP contribution in [-0.4, -0.2) is 32.3 Å². The second-order valence-corrected chi connectivity index (χ2v) is 8.36. The molecule has 0 atom stereocenters. The zero-order valence-electron chi connectivity index (χ0n) is 17.0. The fraction of sp³-hybridized carbons (Fsp3) is 0.120. The molecule has 5 rings (SSSR count). The van der Waals surface area contributed by atoms with Crippen LogP contribution in [0.1, 0.15) is 21.6 Å². The third-order valence-corrected chi connectivity index (χ3v) is 5.95. The molecule has 2 aromatic carbocycles. The van der Waals surface area contributed by atoms with E-state index in [0.29, 0.717) is 41.1 Å². The Hall–Kier alpha value is -3.28. The smallest absolute Gasteiger partial charge is 0.255 e. The minimum absolute atomic E-state index is 0.0828. The maximum absolute atomic E-state index is 13.1. The van der Waals surface area contributed by atoms with Crippen LogP contribution < -0.4 is 0 Å². The van der Waals surface area contributed by atoms with Gasteiger partial charge in [0.05, 0.1) is 17.0 Å². The van der Waals surface area contributed by atoms with Gasteiger partial charge in [0.25, 0.3) is 5.91 Å². The summed E-state index contributed by atoms with van der Waals surface area (Å²) in [6, 6.07) is 20.8. The van der Waals surface area contributed by atoms with E-state index in [1.165, 1.54) is 6.20 Å². The van der Waals surface area contributed by atoms with Crippen LogP contribution in [0.5, 0.6) is 0 Å². The van der Waals surface area contributed by atoms with Gasteiger partial charge in [-0.05, 0) is 36.4 Å². The molecule has 158 valence electrons. The van der Waals surface area contributed by atoms with E-state index in [2.05, 4.69) is 4.98 Å². The number of aromatic nitrogens is 3. The molecular formula is C25H18Cl2N4O. The Balaban J connectivity index is 1.56. The van der Waals surface area contributed by atoms with E-state index in [9.17, 15) is 4.79 Å². The van der Waals surface area contributed by atoms with Gasteiger partial charge in [0.1, 0.15) is 5.15 Å². The van der Waals surface area contributed by atoms with Crippen LogP contribution in [0.3, 0.4) is 0 Å². The molecule has 0 saturated carbocycles. The highest BCUT2D eigenvalue weighted by Gasteiger charge is 2.27. The molecule has 1 aliphatic heterocycles. The van der Waals surface area contributed by atoms with E-state index in [-0.39, 0.29) is 5.91 Å². The van der Waals surface area contributed by atoms with E-state index in [4.69, 9.17) is 33.2 Å². The first kappa shape index (κ1) is 20.6. The highest BCUT2D eigenvalue weighted by molar-refractivity contribution is 6.30. The topological polar surface area (TPSA) is 59.0 Å². The van der Waals surface area contributed by atoms with Crippen LogP contribution in [-0.2, 0) is 13.0 Å². The van der Waals surface area contributed by atoms with Crippen molar-refractivity contribution in [1.29, 1.82) is 0 Å². The number of pyridine rings is 1. The number of carbonyl (C=O) groups is 1. The van der Waals surface area contributed by atoms with Gasteiger partial charge in [0.15, 0.2) is 5.82 Å². The Morgan fingerprint density at radius 1 is 0.875 bits per heavy atom. The standard InChI is InChI=1S/C25H18Cl2N4O/c26-19-9-6-17(7-10-19)24-29-21-12-13-31(25(32)18-8-11-22(27)28-14-18)15-20(21)23(30-24)16-4-2-1-3-5-16/h1-11,14H,12-13,15H2. The van der Waals surface area contributed by atoms with E-state index >= 15 is 0 Å². The average Bonchev–Trinajstić information content (AvgIpc) is 2.84. The van der Waals surface area contributed by atoms with Gasteiger partial charge >= 0.3 is 0 Å². The summed E-state index contributed by atoms with van der Waals surface area (Å²) in [5.74, 6) is 0.571. The lowest BCUT2D eigenvalue weighted by Crippen LogP contribution is -2.37. The molecular weight excluding hydrogens is 443 g/mol. The predicted octanol–water partition coefficient (Wildman–Crippen LogP) is 5.71. The summed E-state index contributed by atoms with van der Waals surface area (Å²) in [4.78, 5) is 28.7. The van der Waals surface area contributed by atoms with Crippen LogP contribution in [0.25, 0.3) is 22.6 Å². The maximum atomic E-state index is 13.1. The molecule has 4 aromatic rings. The SMILES string of the molecule is O=C(c1ccc(Cl)nc1)N1CCc2nc(-c3ccc(Cl)cc3)nc(-c3ccccc3)c2C1. The maximum Gasteiger partial charge on any atom is 0.255 e. The van der Waals surface area contributed by atoms with Gasteiger partial charge in [-0.15, -0.1) is 0 Å². The fourth-order valence-electron chi connectivity index (χ4n) is 3.84. The second-order valence-electron chi connectivity index (χ2n) is 7.54. The zero-order chi connectivity index (χ0) is 22.1. The molecule has 0 saturated heterocycles.